The Kier molecular flexibility index (Phi) is 5.50. The maximum absolute atomic E-state index is 12.7. The van der Waals surface area contributed by atoms with Crippen molar-refractivity contribution >= 4 is 27.3 Å². The van der Waals surface area contributed by atoms with Crippen LogP contribution in [0, 0.1) is 6.92 Å². The molecule has 4 heterocycles. The van der Waals surface area contributed by atoms with Crippen LogP contribution in [0.1, 0.15) is 41.2 Å². The van der Waals surface area contributed by atoms with Gasteiger partial charge in [-0.25, -0.2) is 13.1 Å². The molecule has 1 amide bonds. The number of sulfonamides is 1. The van der Waals surface area contributed by atoms with E-state index in [1.165, 1.54) is 17.4 Å². The minimum absolute atomic E-state index is 0.0659. The molecule has 1 N–H and O–H groups in total. The van der Waals surface area contributed by atoms with Gasteiger partial charge in [-0.1, -0.05) is 5.16 Å². The van der Waals surface area contributed by atoms with Gasteiger partial charge in [-0.15, -0.1) is 11.3 Å². The van der Waals surface area contributed by atoms with Crippen molar-refractivity contribution in [3.8, 4) is 10.7 Å². The summed E-state index contributed by atoms with van der Waals surface area (Å²) in [5.74, 6) is -0.129. The van der Waals surface area contributed by atoms with Crippen molar-refractivity contribution in [1.82, 2.24) is 19.8 Å². The van der Waals surface area contributed by atoms with E-state index in [0.29, 0.717) is 29.5 Å². The number of amides is 1. The van der Waals surface area contributed by atoms with Gasteiger partial charge in [-0.3, -0.25) is 4.79 Å². The molecular formula is C17H22N4O5S2. The van der Waals surface area contributed by atoms with E-state index in [1.54, 1.807) is 11.8 Å². The van der Waals surface area contributed by atoms with Gasteiger partial charge in [0.05, 0.1) is 15.9 Å². The van der Waals surface area contributed by atoms with Crippen molar-refractivity contribution in [2.24, 2.45) is 0 Å². The molecule has 2 fully saturated rings. The highest BCUT2D eigenvalue weighted by molar-refractivity contribution is 7.89. The first kappa shape index (κ1) is 19.5. The fourth-order valence-electron chi connectivity index (χ4n) is 3.39. The van der Waals surface area contributed by atoms with E-state index >= 15 is 0 Å². The predicted molar refractivity (Wildman–Crippen MR) is 102 cm³/mol. The monoisotopic (exact) mass is 426 g/mol. The lowest BCUT2D eigenvalue weighted by Gasteiger charge is -2.11. The summed E-state index contributed by atoms with van der Waals surface area (Å²) in [5.41, 5.74) is 0. The Morgan fingerprint density at radius 3 is 2.86 bits per heavy atom. The normalized spacial score (nSPS) is 20.2. The number of carbonyl (C=O) groups excluding carboxylic acids is 1. The minimum atomic E-state index is -3.67. The smallest absolute Gasteiger partial charge is 0.316 e. The molecule has 0 radical (unpaired) electrons. The molecule has 0 saturated carbocycles. The van der Waals surface area contributed by atoms with Crippen LogP contribution in [0.3, 0.4) is 0 Å². The van der Waals surface area contributed by atoms with Crippen molar-refractivity contribution in [2.75, 3.05) is 26.2 Å². The third-order valence-corrected chi connectivity index (χ3v) is 7.63. The van der Waals surface area contributed by atoms with E-state index in [-0.39, 0.29) is 35.2 Å². The van der Waals surface area contributed by atoms with E-state index in [2.05, 4.69) is 14.9 Å². The van der Waals surface area contributed by atoms with Crippen LogP contribution >= 0.6 is 11.3 Å². The lowest BCUT2D eigenvalue weighted by molar-refractivity contribution is 0.0743. The number of hydrogen-bond acceptors (Lipinski definition) is 8. The summed E-state index contributed by atoms with van der Waals surface area (Å²) in [5, 5.41) is 3.87. The summed E-state index contributed by atoms with van der Waals surface area (Å²) in [6.45, 7) is 4.03. The second-order valence-electron chi connectivity index (χ2n) is 6.94. The number of rotatable bonds is 6. The van der Waals surface area contributed by atoms with Crippen LogP contribution in [0.2, 0.25) is 0 Å². The van der Waals surface area contributed by atoms with E-state index in [4.69, 9.17) is 9.26 Å². The highest BCUT2D eigenvalue weighted by Crippen LogP contribution is 2.32. The number of ether oxygens (including phenoxy) is 1. The summed E-state index contributed by atoms with van der Waals surface area (Å²) in [4.78, 5) is 19.6. The first-order valence-electron chi connectivity index (χ1n) is 9.29. The van der Waals surface area contributed by atoms with Crippen LogP contribution in [0.4, 0.5) is 0 Å². The van der Waals surface area contributed by atoms with E-state index in [1.807, 2.05) is 0 Å². The SMILES string of the molecule is Cc1sc(-c2noc(C(=O)N3CCCC3)n2)cc1S(=O)(=O)NC[C@@H]1CCCO1. The van der Waals surface area contributed by atoms with Gasteiger partial charge >= 0.3 is 11.8 Å². The minimum Gasteiger partial charge on any atom is -0.377 e. The average Bonchev–Trinajstić information content (AvgIpc) is 3.47. The van der Waals surface area contributed by atoms with Crippen LogP contribution in [-0.2, 0) is 14.8 Å². The van der Waals surface area contributed by atoms with Crippen LogP contribution in [-0.4, -0.2) is 61.7 Å². The van der Waals surface area contributed by atoms with E-state index in [0.717, 1.165) is 25.7 Å². The van der Waals surface area contributed by atoms with Crippen molar-refractivity contribution in [2.45, 2.75) is 43.6 Å². The summed E-state index contributed by atoms with van der Waals surface area (Å²) in [7, 11) is -3.67. The molecule has 28 heavy (non-hydrogen) atoms. The zero-order chi connectivity index (χ0) is 19.7. The second-order valence-corrected chi connectivity index (χ2v) is 9.93. The lowest BCUT2D eigenvalue weighted by Crippen LogP contribution is -2.31. The topological polar surface area (TPSA) is 115 Å². The Morgan fingerprint density at radius 1 is 1.36 bits per heavy atom. The van der Waals surface area contributed by atoms with Gasteiger partial charge in [-0.2, -0.15) is 4.98 Å². The lowest BCUT2D eigenvalue weighted by atomic mass is 10.2. The molecule has 152 valence electrons. The van der Waals surface area contributed by atoms with E-state index in [9.17, 15) is 13.2 Å². The summed E-state index contributed by atoms with van der Waals surface area (Å²) in [6.07, 6.45) is 3.66. The molecule has 0 spiro atoms. The predicted octanol–water partition coefficient (Wildman–Crippen LogP) is 1.80. The standard InChI is InChI=1S/C17H22N4O5S2/c1-11-14(28(23,24)18-10-12-5-4-8-25-12)9-13(27-11)15-19-16(26-20-15)17(22)21-6-2-3-7-21/h9,12,18H,2-8,10H2,1H3/t12-/m0/s1. The molecule has 9 nitrogen and oxygen atoms in total. The Morgan fingerprint density at radius 2 is 2.14 bits per heavy atom. The fourth-order valence-corrected chi connectivity index (χ4v) is 5.98. The van der Waals surface area contributed by atoms with Gasteiger partial charge < -0.3 is 14.2 Å². The molecule has 2 aliphatic rings. The molecule has 2 aromatic heterocycles. The van der Waals surface area contributed by atoms with Gasteiger partial charge in [0.15, 0.2) is 0 Å². The Labute approximate surface area is 167 Å². The van der Waals surface area contributed by atoms with Gasteiger partial charge in [0, 0.05) is 31.1 Å². The van der Waals surface area contributed by atoms with Crippen LogP contribution in [0.5, 0.6) is 0 Å². The molecule has 2 saturated heterocycles. The molecule has 11 heteroatoms. The maximum atomic E-state index is 12.7. The molecular weight excluding hydrogens is 404 g/mol. The molecule has 2 aliphatic heterocycles. The third kappa shape index (κ3) is 3.97. The number of carbonyl (C=O) groups is 1. The fraction of sp³-hybridized carbons (Fsp3) is 0.588. The number of aromatic nitrogens is 2. The van der Waals surface area contributed by atoms with Crippen LogP contribution < -0.4 is 4.72 Å². The van der Waals surface area contributed by atoms with E-state index < -0.39 is 10.0 Å². The number of nitrogens with zero attached hydrogens (tertiary/aromatic N) is 3. The number of likely N-dealkylation sites (tertiary alicyclic amines) is 1. The van der Waals surface area contributed by atoms with Crippen molar-refractivity contribution in [3.63, 3.8) is 0 Å². The Hall–Kier alpha value is -1.82. The third-order valence-electron chi connectivity index (χ3n) is 4.91. The van der Waals surface area contributed by atoms with Crippen molar-refractivity contribution in [3.05, 3.63) is 16.8 Å². The Balaban J connectivity index is 1.50. The van der Waals surface area contributed by atoms with Gasteiger partial charge in [0.1, 0.15) is 0 Å². The number of nitrogens with one attached hydrogen (secondary N) is 1. The molecule has 2 aromatic rings. The maximum Gasteiger partial charge on any atom is 0.316 e. The second kappa shape index (κ2) is 7.90. The largest absolute Gasteiger partial charge is 0.377 e. The zero-order valence-corrected chi connectivity index (χ0v) is 17.1. The zero-order valence-electron chi connectivity index (χ0n) is 15.5. The number of thiophene rings is 1. The average molecular weight is 427 g/mol. The number of hydrogen-bond donors (Lipinski definition) is 1. The molecule has 0 unspecified atom stereocenters. The first-order valence-corrected chi connectivity index (χ1v) is 11.6. The quantitative estimate of drug-likeness (QED) is 0.749. The van der Waals surface area contributed by atoms with Gasteiger partial charge in [0.2, 0.25) is 15.8 Å². The van der Waals surface area contributed by atoms with Crippen LogP contribution in [0.25, 0.3) is 10.7 Å². The first-order chi connectivity index (χ1) is 13.4. The molecule has 0 aromatic carbocycles. The van der Waals surface area contributed by atoms with Crippen LogP contribution in [0.15, 0.2) is 15.5 Å². The van der Waals surface area contributed by atoms with Gasteiger partial charge in [-0.05, 0) is 38.7 Å². The van der Waals surface area contributed by atoms with Crippen molar-refractivity contribution in [1.29, 1.82) is 0 Å². The molecule has 0 aliphatic carbocycles. The summed E-state index contributed by atoms with van der Waals surface area (Å²) in [6, 6.07) is 1.52. The molecule has 0 bridgehead atoms. The number of aryl methyl sites for hydroxylation is 1. The highest BCUT2D eigenvalue weighted by Gasteiger charge is 2.27. The van der Waals surface area contributed by atoms with Gasteiger partial charge in [0.25, 0.3) is 0 Å². The molecule has 1 atom stereocenters. The highest BCUT2D eigenvalue weighted by atomic mass is 32.2. The van der Waals surface area contributed by atoms with Crippen molar-refractivity contribution < 1.29 is 22.5 Å². The summed E-state index contributed by atoms with van der Waals surface area (Å²) >= 11 is 1.25. The molecule has 4 rings (SSSR count). The Bertz CT molecular complexity index is 956. The summed E-state index contributed by atoms with van der Waals surface area (Å²) < 4.78 is 38.5.